The molecule has 200 valence electrons. The molecule has 0 aromatic rings. The Morgan fingerprint density at radius 2 is 1.78 bits per heavy atom. The van der Waals surface area contributed by atoms with E-state index in [0.717, 1.165) is 42.2 Å². The predicted molar refractivity (Wildman–Crippen MR) is 137 cm³/mol. The summed E-state index contributed by atoms with van der Waals surface area (Å²) >= 11 is 0. The van der Waals surface area contributed by atoms with E-state index < -0.39 is 11.5 Å². The topological polar surface area (TPSA) is 72.8 Å². The van der Waals surface area contributed by atoms with E-state index in [0.29, 0.717) is 11.3 Å². The number of aliphatic hydroxyl groups excluding tert-OH is 1. The molecule has 6 rings (SSSR count). The lowest BCUT2D eigenvalue weighted by molar-refractivity contribution is -0.223. The smallest absolute Gasteiger partial charge is 0.335 e. The van der Waals surface area contributed by atoms with Gasteiger partial charge >= 0.3 is 11.9 Å². The molecule has 5 heteroatoms. The van der Waals surface area contributed by atoms with Gasteiger partial charge in [-0.05, 0) is 111 Å². The molecule has 1 aliphatic heterocycles. The van der Waals surface area contributed by atoms with Gasteiger partial charge in [-0.1, -0.05) is 34.1 Å². The molecule has 0 saturated heterocycles. The molecule has 0 bridgehead atoms. The second-order valence-electron chi connectivity index (χ2n) is 14.4. The first kappa shape index (κ1) is 24.9. The minimum Gasteiger partial charge on any atom is -0.461 e. The van der Waals surface area contributed by atoms with E-state index in [1.54, 1.807) is 6.92 Å². The van der Waals surface area contributed by atoms with Gasteiger partial charge in [-0.25, -0.2) is 4.79 Å². The van der Waals surface area contributed by atoms with Crippen LogP contribution in [0.5, 0.6) is 0 Å². The van der Waals surface area contributed by atoms with Crippen LogP contribution in [0.2, 0.25) is 0 Å². The molecule has 0 aromatic carbocycles. The van der Waals surface area contributed by atoms with E-state index in [1.165, 1.54) is 38.5 Å². The predicted octanol–water partition coefficient (Wildman–Crippen LogP) is 5.98. The lowest BCUT2D eigenvalue weighted by atomic mass is 9.35. The number of fused-ring (bicyclic) bond motifs is 7. The number of rotatable bonds is 3. The maximum Gasteiger partial charge on any atom is 0.335 e. The van der Waals surface area contributed by atoms with Crippen molar-refractivity contribution in [1.82, 2.24) is 0 Å². The first-order valence-corrected chi connectivity index (χ1v) is 14.7. The summed E-state index contributed by atoms with van der Waals surface area (Å²) in [6.45, 7) is 13.4. The SMILES string of the molecule is CC(O)CC(=O)O[C@H]1CC2[C@@]3(C)CCC[C@@]4(C[C@@H]4C)C3CC[C@@]2(C)C2CCC3=C(C(=O)O[C@@H]3C)[C@]21C. The van der Waals surface area contributed by atoms with E-state index >= 15 is 0 Å². The molecule has 4 fully saturated rings. The van der Waals surface area contributed by atoms with Crippen LogP contribution in [0.25, 0.3) is 0 Å². The van der Waals surface area contributed by atoms with E-state index in [2.05, 4.69) is 27.7 Å². The van der Waals surface area contributed by atoms with Gasteiger partial charge in [0.05, 0.1) is 12.5 Å². The summed E-state index contributed by atoms with van der Waals surface area (Å²) in [5.74, 6) is 1.77. The number of hydrogen-bond acceptors (Lipinski definition) is 5. The Labute approximate surface area is 216 Å². The van der Waals surface area contributed by atoms with Crippen molar-refractivity contribution in [1.29, 1.82) is 0 Å². The highest BCUT2D eigenvalue weighted by atomic mass is 16.6. The normalized spacial score (nSPS) is 52.0. The maximum atomic E-state index is 13.3. The molecule has 11 atom stereocenters. The summed E-state index contributed by atoms with van der Waals surface area (Å²) in [4.78, 5) is 26.3. The van der Waals surface area contributed by atoms with Gasteiger partial charge in [0.25, 0.3) is 0 Å². The molecular weight excluding hydrogens is 452 g/mol. The van der Waals surface area contributed by atoms with Crippen LogP contribution in [-0.2, 0) is 19.1 Å². The van der Waals surface area contributed by atoms with Gasteiger partial charge in [-0.3, -0.25) is 4.79 Å². The second kappa shape index (κ2) is 7.83. The summed E-state index contributed by atoms with van der Waals surface area (Å²) in [6, 6.07) is 0. The van der Waals surface area contributed by atoms with Crippen LogP contribution in [0.4, 0.5) is 0 Å². The fourth-order valence-corrected chi connectivity index (χ4v) is 11.3. The van der Waals surface area contributed by atoms with Gasteiger partial charge in [-0.2, -0.15) is 0 Å². The van der Waals surface area contributed by atoms with Gasteiger partial charge in [0.2, 0.25) is 0 Å². The zero-order valence-corrected chi connectivity index (χ0v) is 23.2. The van der Waals surface area contributed by atoms with Crippen LogP contribution in [0, 0.1) is 45.3 Å². The minimum atomic E-state index is -0.737. The van der Waals surface area contributed by atoms with Gasteiger partial charge in [0, 0.05) is 11.0 Å². The molecule has 36 heavy (non-hydrogen) atoms. The number of hydrogen-bond donors (Lipinski definition) is 1. The third-order valence-corrected chi connectivity index (χ3v) is 12.8. The van der Waals surface area contributed by atoms with Crippen LogP contribution < -0.4 is 0 Å². The molecule has 1 spiro atoms. The largest absolute Gasteiger partial charge is 0.461 e. The number of carbonyl (C=O) groups is 2. The van der Waals surface area contributed by atoms with Crippen LogP contribution in [0.1, 0.15) is 106 Å². The quantitative estimate of drug-likeness (QED) is 0.485. The Hall–Kier alpha value is -1.36. The maximum absolute atomic E-state index is 13.3. The Balaban J connectivity index is 1.45. The number of cyclic esters (lactones) is 1. The average Bonchev–Trinajstić information content (AvgIpc) is 3.30. The number of aliphatic hydroxyl groups is 1. The van der Waals surface area contributed by atoms with Crippen molar-refractivity contribution < 1.29 is 24.2 Å². The molecule has 5 nitrogen and oxygen atoms in total. The highest BCUT2D eigenvalue weighted by Crippen LogP contribution is 2.78. The molecule has 4 unspecified atom stereocenters. The third-order valence-electron chi connectivity index (χ3n) is 12.8. The second-order valence-corrected chi connectivity index (χ2v) is 14.4. The number of carbonyl (C=O) groups excluding carboxylic acids is 2. The first-order valence-electron chi connectivity index (χ1n) is 14.7. The van der Waals surface area contributed by atoms with Crippen molar-refractivity contribution in [2.45, 2.75) is 124 Å². The fourth-order valence-electron chi connectivity index (χ4n) is 11.3. The van der Waals surface area contributed by atoms with Gasteiger partial charge < -0.3 is 14.6 Å². The van der Waals surface area contributed by atoms with Crippen molar-refractivity contribution in [2.75, 3.05) is 0 Å². The zero-order valence-electron chi connectivity index (χ0n) is 23.2. The molecular formula is C31H46O5. The lowest BCUT2D eigenvalue weighted by Crippen LogP contribution is -2.65. The third kappa shape index (κ3) is 3.10. The Bertz CT molecular complexity index is 1010. The van der Waals surface area contributed by atoms with Gasteiger partial charge in [-0.15, -0.1) is 0 Å². The summed E-state index contributed by atoms with van der Waals surface area (Å²) in [5.41, 5.74) is 2.27. The Kier molecular flexibility index (Phi) is 5.43. The summed E-state index contributed by atoms with van der Waals surface area (Å²) in [6.07, 6.45) is 9.26. The van der Waals surface area contributed by atoms with Crippen molar-refractivity contribution >= 4 is 11.9 Å². The highest BCUT2D eigenvalue weighted by Gasteiger charge is 2.72. The Morgan fingerprint density at radius 3 is 2.44 bits per heavy atom. The van der Waals surface area contributed by atoms with Crippen LogP contribution in [0.3, 0.4) is 0 Å². The molecule has 6 aliphatic rings. The zero-order chi connectivity index (χ0) is 25.8. The van der Waals surface area contributed by atoms with Crippen molar-refractivity contribution in [3.05, 3.63) is 11.1 Å². The van der Waals surface area contributed by atoms with Crippen LogP contribution in [0.15, 0.2) is 11.1 Å². The van der Waals surface area contributed by atoms with Crippen molar-refractivity contribution in [2.24, 2.45) is 45.3 Å². The minimum absolute atomic E-state index is 0.00749. The van der Waals surface area contributed by atoms with E-state index in [9.17, 15) is 14.7 Å². The van der Waals surface area contributed by atoms with Gasteiger partial charge in [0.15, 0.2) is 0 Å². The van der Waals surface area contributed by atoms with Crippen molar-refractivity contribution in [3.8, 4) is 0 Å². The van der Waals surface area contributed by atoms with Gasteiger partial charge in [0.1, 0.15) is 12.2 Å². The first-order chi connectivity index (χ1) is 16.9. The summed E-state index contributed by atoms with van der Waals surface area (Å²) < 4.78 is 12.1. The highest BCUT2D eigenvalue weighted by molar-refractivity contribution is 5.94. The monoisotopic (exact) mass is 498 g/mol. The van der Waals surface area contributed by atoms with Crippen LogP contribution in [-0.4, -0.2) is 35.4 Å². The molecule has 0 amide bonds. The average molecular weight is 499 g/mol. The molecule has 0 aromatic heterocycles. The summed E-state index contributed by atoms with van der Waals surface area (Å²) in [5, 5.41) is 9.90. The van der Waals surface area contributed by atoms with Crippen LogP contribution >= 0.6 is 0 Å². The van der Waals surface area contributed by atoms with E-state index in [4.69, 9.17) is 9.47 Å². The lowest BCUT2D eigenvalue weighted by Gasteiger charge is -2.69. The molecule has 4 saturated carbocycles. The molecule has 0 radical (unpaired) electrons. The standard InChI is InChI=1S/C31H46O5/c1-17-16-31(17)12-7-11-28(4)22(31)10-13-29(5)21-9-8-20-19(3)35-27(34)26(20)30(21,6)24(15-23(28)29)36-25(33)14-18(2)32/h17-19,21-24,32H,7-16H2,1-6H3/t17-,18?,19+,21?,22?,23?,24-,28-,29-,30+,31-/m0/s1. The molecule has 1 N–H and O–H groups in total. The fraction of sp³-hybridized carbons (Fsp3) is 0.871. The molecule has 1 heterocycles. The van der Waals surface area contributed by atoms with E-state index in [1.807, 2.05) is 6.92 Å². The summed E-state index contributed by atoms with van der Waals surface area (Å²) in [7, 11) is 0. The van der Waals surface area contributed by atoms with E-state index in [-0.39, 0.29) is 47.3 Å². The Morgan fingerprint density at radius 1 is 1.08 bits per heavy atom. The van der Waals surface area contributed by atoms with Crippen molar-refractivity contribution in [3.63, 3.8) is 0 Å². The number of esters is 2. The molecule has 5 aliphatic carbocycles. The number of ether oxygens (including phenoxy) is 2.